The summed E-state index contributed by atoms with van der Waals surface area (Å²) in [7, 11) is -5.26. The topological polar surface area (TPSA) is 0 Å². The van der Waals surface area contributed by atoms with E-state index in [1.165, 1.54) is 63.7 Å². The molecule has 0 saturated heterocycles. The summed E-state index contributed by atoms with van der Waals surface area (Å²) in [5.74, 6) is 0. The SMILES string of the molecule is c1ccc([Si](c2ccccc2)(c2ccccc2)c2cccc(-c3ccc(-c4cccc([Si](c5ccccc5)(c5ccccc5)c5ccccc5)c4)cc3)c2)cc1. The molecule has 9 aromatic rings. The molecule has 0 fully saturated rings. The van der Waals surface area contributed by atoms with E-state index in [-0.39, 0.29) is 0 Å². The fraction of sp³-hybridized carbons (Fsp3) is 0. The van der Waals surface area contributed by atoms with Crippen molar-refractivity contribution >= 4 is 57.6 Å². The average Bonchev–Trinajstić information content (AvgIpc) is 3.29. The van der Waals surface area contributed by atoms with E-state index < -0.39 is 16.1 Å². The molecule has 56 heavy (non-hydrogen) atoms. The summed E-state index contributed by atoms with van der Waals surface area (Å²) in [6.45, 7) is 0. The van der Waals surface area contributed by atoms with Gasteiger partial charge in [0.05, 0.1) is 0 Å². The molecule has 266 valence electrons. The number of hydrogen-bond donors (Lipinski definition) is 0. The summed E-state index contributed by atoms with van der Waals surface area (Å²) < 4.78 is 0. The molecule has 0 aliphatic heterocycles. The smallest absolute Gasteiger partial charge is 0.0623 e. The van der Waals surface area contributed by atoms with Crippen LogP contribution in [0.4, 0.5) is 0 Å². The van der Waals surface area contributed by atoms with Gasteiger partial charge in [-0.05, 0) is 63.7 Å². The van der Waals surface area contributed by atoms with Crippen molar-refractivity contribution in [1.82, 2.24) is 0 Å². The van der Waals surface area contributed by atoms with Crippen LogP contribution < -0.4 is 41.5 Å². The Labute approximate surface area is 333 Å². The fourth-order valence-corrected chi connectivity index (χ4v) is 18.4. The van der Waals surface area contributed by atoms with Gasteiger partial charge in [-0.25, -0.2) is 0 Å². The first-order chi connectivity index (χ1) is 27.8. The Bertz CT molecular complexity index is 2260. The largest absolute Gasteiger partial charge is 0.179 e. The van der Waals surface area contributed by atoms with Crippen molar-refractivity contribution in [2.45, 2.75) is 0 Å². The van der Waals surface area contributed by atoms with Gasteiger partial charge in [-0.3, -0.25) is 0 Å². The van der Waals surface area contributed by atoms with E-state index in [1.807, 2.05) is 0 Å². The van der Waals surface area contributed by atoms with Crippen molar-refractivity contribution in [2.75, 3.05) is 0 Å². The lowest BCUT2D eigenvalue weighted by Crippen LogP contribution is -2.74. The molecule has 0 radical (unpaired) electrons. The van der Waals surface area contributed by atoms with Crippen molar-refractivity contribution in [3.05, 3.63) is 255 Å². The van der Waals surface area contributed by atoms with Crippen LogP contribution in [-0.2, 0) is 0 Å². The Morgan fingerprint density at radius 1 is 0.161 bits per heavy atom. The van der Waals surface area contributed by atoms with Gasteiger partial charge in [-0.15, -0.1) is 0 Å². The van der Waals surface area contributed by atoms with E-state index in [0.717, 1.165) is 0 Å². The molecule has 0 unspecified atom stereocenters. The van der Waals surface area contributed by atoms with Gasteiger partial charge >= 0.3 is 0 Å². The summed E-state index contributed by atoms with van der Waals surface area (Å²) in [5.41, 5.74) is 4.88. The highest BCUT2D eigenvalue weighted by Gasteiger charge is 2.42. The van der Waals surface area contributed by atoms with E-state index in [0.29, 0.717) is 0 Å². The van der Waals surface area contributed by atoms with E-state index >= 15 is 0 Å². The molecule has 0 bridgehead atoms. The minimum Gasteiger partial charge on any atom is -0.0623 e. The van der Waals surface area contributed by atoms with Gasteiger partial charge in [0.1, 0.15) is 0 Å². The van der Waals surface area contributed by atoms with Crippen LogP contribution in [0.5, 0.6) is 0 Å². The summed E-state index contributed by atoms with van der Waals surface area (Å²) in [4.78, 5) is 0. The quantitative estimate of drug-likeness (QED) is 0.0992. The predicted octanol–water partition coefficient (Wildman–Crippen LogP) is 7.78. The molecule has 0 atom stereocenters. The molecule has 0 nitrogen and oxygen atoms in total. The molecular weight excluding hydrogens is 705 g/mol. The normalized spacial score (nSPS) is 11.6. The molecule has 0 saturated carbocycles. The Balaban J connectivity index is 1.15. The summed E-state index contributed by atoms with van der Waals surface area (Å²) in [6, 6.07) is 94.7. The number of benzene rings is 9. The van der Waals surface area contributed by atoms with E-state index in [9.17, 15) is 0 Å². The third-order valence-corrected chi connectivity index (χ3v) is 20.9. The third-order valence-electron chi connectivity index (χ3n) is 11.4. The highest BCUT2D eigenvalue weighted by atomic mass is 28.3. The van der Waals surface area contributed by atoms with E-state index in [4.69, 9.17) is 0 Å². The van der Waals surface area contributed by atoms with E-state index in [1.54, 1.807) is 0 Å². The van der Waals surface area contributed by atoms with Crippen LogP contribution in [0, 0.1) is 0 Å². The molecule has 0 spiro atoms. The molecule has 0 amide bonds. The second kappa shape index (κ2) is 15.6. The predicted molar refractivity (Wildman–Crippen MR) is 245 cm³/mol. The number of rotatable bonds is 10. The molecule has 2 heteroatoms. The van der Waals surface area contributed by atoms with Crippen LogP contribution in [0.3, 0.4) is 0 Å². The first kappa shape index (κ1) is 35.1. The molecule has 9 aromatic carbocycles. The fourth-order valence-electron chi connectivity index (χ4n) is 8.85. The number of hydrogen-bond acceptors (Lipinski definition) is 0. The van der Waals surface area contributed by atoms with Crippen molar-refractivity contribution < 1.29 is 0 Å². The van der Waals surface area contributed by atoms with Gasteiger partial charge < -0.3 is 0 Å². The van der Waals surface area contributed by atoms with Gasteiger partial charge in [0.25, 0.3) is 0 Å². The summed E-state index contributed by atoms with van der Waals surface area (Å²) in [6.07, 6.45) is 0. The molecule has 0 aliphatic carbocycles. The maximum atomic E-state index is 2.45. The van der Waals surface area contributed by atoms with Crippen LogP contribution in [0.1, 0.15) is 0 Å². The second-order valence-corrected chi connectivity index (χ2v) is 22.1. The average molecular weight is 747 g/mol. The van der Waals surface area contributed by atoms with Gasteiger partial charge in [0, 0.05) is 0 Å². The van der Waals surface area contributed by atoms with Gasteiger partial charge in [0.2, 0.25) is 0 Å². The van der Waals surface area contributed by atoms with Gasteiger partial charge in [-0.1, -0.05) is 255 Å². The monoisotopic (exact) mass is 746 g/mol. The van der Waals surface area contributed by atoms with Crippen molar-refractivity contribution in [2.24, 2.45) is 0 Å². The molecular formula is C54H42Si2. The zero-order valence-corrected chi connectivity index (χ0v) is 33.2. The maximum absolute atomic E-state index is 2.63. The minimum atomic E-state index is -2.63. The molecule has 0 aliphatic rings. The standard InChI is InChI=1S/C54H42Si2/c1-7-23-47(24-8-1)55(48-25-9-2-10-26-48,49-27-11-3-12-28-49)53-35-19-21-45(41-53)43-37-39-44(40-38-43)46-22-20-36-54(42-46)56(50-29-13-4-14-30-50,51-31-15-5-16-32-51)52-33-17-6-18-34-52/h1-42H. The highest BCUT2D eigenvalue weighted by Crippen LogP contribution is 2.26. The van der Waals surface area contributed by atoms with Gasteiger partial charge in [-0.2, -0.15) is 0 Å². The maximum Gasteiger partial charge on any atom is 0.179 e. The Morgan fingerprint density at radius 2 is 0.375 bits per heavy atom. The van der Waals surface area contributed by atoms with Crippen LogP contribution in [0.2, 0.25) is 0 Å². The first-order valence-corrected chi connectivity index (χ1v) is 23.4. The van der Waals surface area contributed by atoms with Crippen molar-refractivity contribution in [3.8, 4) is 22.3 Å². The third kappa shape index (κ3) is 6.29. The Kier molecular flexibility index (Phi) is 9.81. The molecule has 0 aromatic heterocycles. The molecule has 0 heterocycles. The second-order valence-electron chi connectivity index (χ2n) is 14.4. The first-order valence-electron chi connectivity index (χ1n) is 19.4. The summed E-state index contributed by atoms with van der Waals surface area (Å²) >= 11 is 0. The minimum absolute atomic E-state index is 1.21. The van der Waals surface area contributed by atoms with Crippen LogP contribution >= 0.6 is 0 Å². The van der Waals surface area contributed by atoms with E-state index in [2.05, 4.69) is 255 Å². The van der Waals surface area contributed by atoms with Crippen LogP contribution in [0.15, 0.2) is 255 Å². The molecule has 0 N–H and O–H groups in total. The molecule has 9 rings (SSSR count). The lowest BCUT2D eigenvalue weighted by molar-refractivity contribution is 1.59. The lowest BCUT2D eigenvalue weighted by Gasteiger charge is -2.34. The summed E-state index contributed by atoms with van der Waals surface area (Å²) in [5, 5.41) is 11.0. The highest BCUT2D eigenvalue weighted by molar-refractivity contribution is 7.20. The van der Waals surface area contributed by atoms with Crippen LogP contribution in [0.25, 0.3) is 22.3 Å². The van der Waals surface area contributed by atoms with Gasteiger partial charge in [0.15, 0.2) is 16.1 Å². The zero-order chi connectivity index (χ0) is 37.6. The lowest BCUT2D eigenvalue weighted by atomic mass is 10.0. The van der Waals surface area contributed by atoms with Crippen LogP contribution in [-0.4, -0.2) is 16.1 Å². The Morgan fingerprint density at radius 3 is 0.607 bits per heavy atom. The van der Waals surface area contributed by atoms with Crippen molar-refractivity contribution in [1.29, 1.82) is 0 Å². The van der Waals surface area contributed by atoms with Crippen molar-refractivity contribution in [3.63, 3.8) is 0 Å². The zero-order valence-electron chi connectivity index (χ0n) is 31.2. The Hall–Kier alpha value is -6.59.